The summed E-state index contributed by atoms with van der Waals surface area (Å²) in [4.78, 5) is 35.3. The molecule has 2 aromatic rings. The third-order valence-electron chi connectivity index (χ3n) is 4.18. The third-order valence-corrected chi connectivity index (χ3v) is 4.58. The summed E-state index contributed by atoms with van der Waals surface area (Å²) >= 11 is 6.16. The highest BCUT2D eigenvalue weighted by Gasteiger charge is 2.14. The maximum Gasteiger partial charge on any atom is 0.344 e. The predicted molar refractivity (Wildman–Crippen MR) is 112 cm³/mol. The molecule has 1 N–H and O–H groups in total. The second-order valence-electron chi connectivity index (χ2n) is 6.93. The molecule has 2 aromatic carbocycles. The van der Waals surface area contributed by atoms with Crippen molar-refractivity contribution in [1.29, 1.82) is 0 Å². The number of hydrogen-bond acceptors (Lipinski definition) is 5. The number of hydrogen-bond donors (Lipinski definition) is 1. The van der Waals surface area contributed by atoms with Crippen LogP contribution in [0.25, 0.3) is 0 Å². The molecule has 0 aliphatic heterocycles. The van der Waals surface area contributed by atoms with Crippen LogP contribution in [0.3, 0.4) is 0 Å². The standard InChI is InChI=1S/C22H24ClNO5/c1-13(2)18-10-19(23)14(3)8-20(18)28-12-22(27)29-11-21(26)24-17-7-5-6-16(9-17)15(4)25/h5-10,13H,11-12H2,1-4H3,(H,24,26). The van der Waals surface area contributed by atoms with E-state index in [1.807, 2.05) is 26.8 Å². The Kier molecular flexibility index (Phi) is 7.79. The quantitative estimate of drug-likeness (QED) is 0.504. The zero-order chi connectivity index (χ0) is 21.6. The minimum atomic E-state index is -0.667. The molecule has 0 saturated carbocycles. The van der Waals surface area contributed by atoms with Gasteiger partial charge in [0, 0.05) is 16.3 Å². The maximum atomic E-state index is 12.0. The molecule has 2 rings (SSSR count). The minimum absolute atomic E-state index is 0.108. The van der Waals surface area contributed by atoms with Crippen molar-refractivity contribution >= 4 is 34.9 Å². The third kappa shape index (κ3) is 6.61. The van der Waals surface area contributed by atoms with Gasteiger partial charge < -0.3 is 14.8 Å². The lowest BCUT2D eigenvalue weighted by Crippen LogP contribution is -2.24. The molecule has 7 heteroatoms. The number of halogens is 1. The predicted octanol–water partition coefficient (Wildman–Crippen LogP) is 4.54. The van der Waals surface area contributed by atoms with E-state index < -0.39 is 18.5 Å². The second kappa shape index (κ2) is 10.1. The number of Topliss-reactive ketones (excluding diaryl/α,β-unsaturated/α-hetero) is 1. The first-order valence-corrected chi connectivity index (χ1v) is 9.54. The first-order chi connectivity index (χ1) is 13.7. The number of ketones is 1. The molecule has 0 spiro atoms. The minimum Gasteiger partial charge on any atom is -0.482 e. The van der Waals surface area contributed by atoms with E-state index in [1.165, 1.54) is 6.92 Å². The van der Waals surface area contributed by atoms with E-state index in [1.54, 1.807) is 30.3 Å². The van der Waals surface area contributed by atoms with Crippen molar-refractivity contribution in [2.45, 2.75) is 33.6 Å². The number of esters is 1. The summed E-state index contributed by atoms with van der Waals surface area (Å²) in [6.07, 6.45) is 0. The summed E-state index contributed by atoms with van der Waals surface area (Å²) < 4.78 is 10.5. The Balaban J connectivity index is 1.87. The number of ether oxygens (including phenoxy) is 2. The Morgan fingerprint density at radius 3 is 2.48 bits per heavy atom. The van der Waals surface area contributed by atoms with Gasteiger partial charge in [-0.2, -0.15) is 0 Å². The highest BCUT2D eigenvalue weighted by atomic mass is 35.5. The first kappa shape index (κ1) is 22.4. The summed E-state index contributed by atoms with van der Waals surface area (Å²) in [5.74, 6) is -0.563. The van der Waals surface area contributed by atoms with Crippen LogP contribution < -0.4 is 10.1 Å². The fourth-order valence-electron chi connectivity index (χ4n) is 2.58. The van der Waals surface area contributed by atoms with Crippen molar-refractivity contribution < 1.29 is 23.9 Å². The topological polar surface area (TPSA) is 81.7 Å². The molecular weight excluding hydrogens is 394 g/mol. The monoisotopic (exact) mass is 417 g/mol. The molecule has 0 aromatic heterocycles. The van der Waals surface area contributed by atoms with Gasteiger partial charge in [-0.15, -0.1) is 0 Å². The Morgan fingerprint density at radius 1 is 1.10 bits per heavy atom. The van der Waals surface area contributed by atoms with E-state index in [2.05, 4.69) is 5.32 Å². The van der Waals surface area contributed by atoms with E-state index in [0.717, 1.165) is 11.1 Å². The summed E-state index contributed by atoms with van der Waals surface area (Å²) in [7, 11) is 0. The number of amides is 1. The molecule has 0 saturated heterocycles. The molecule has 0 heterocycles. The maximum absolute atomic E-state index is 12.0. The summed E-state index contributed by atoms with van der Waals surface area (Å²) in [6.45, 7) is 6.50. The van der Waals surface area contributed by atoms with Gasteiger partial charge in [-0.25, -0.2) is 4.79 Å². The van der Waals surface area contributed by atoms with Crippen LogP contribution in [0.1, 0.15) is 48.2 Å². The molecule has 1 amide bonds. The number of carbonyl (C=O) groups is 3. The van der Waals surface area contributed by atoms with Crippen LogP contribution in [-0.4, -0.2) is 30.9 Å². The van der Waals surface area contributed by atoms with Gasteiger partial charge >= 0.3 is 5.97 Å². The second-order valence-corrected chi connectivity index (χ2v) is 7.34. The molecular formula is C22H24ClNO5. The van der Waals surface area contributed by atoms with Crippen molar-refractivity contribution in [3.05, 3.63) is 58.1 Å². The largest absolute Gasteiger partial charge is 0.482 e. The van der Waals surface area contributed by atoms with Gasteiger partial charge in [0.25, 0.3) is 5.91 Å². The summed E-state index contributed by atoms with van der Waals surface area (Å²) in [6, 6.07) is 10.1. The van der Waals surface area contributed by atoms with Crippen LogP contribution in [0, 0.1) is 6.92 Å². The highest BCUT2D eigenvalue weighted by Crippen LogP contribution is 2.32. The van der Waals surface area contributed by atoms with Crippen LogP contribution in [0.2, 0.25) is 5.02 Å². The molecule has 0 radical (unpaired) electrons. The molecule has 6 nitrogen and oxygen atoms in total. The van der Waals surface area contributed by atoms with Gasteiger partial charge in [0.05, 0.1) is 0 Å². The van der Waals surface area contributed by atoms with Crippen molar-refractivity contribution in [3.63, 3.8) is 0 Å². The molecule has 0 unspecified atom stereocenters. The van der Waals surface area contributed by atoms with E-state index in [-0.39, 0.29) is 18.3 Å². The Hall–Kier alpha value is -2.86. The number of aryl methyl sites for hydroxylation is 1. The van der Waals surface area contributed by atoms with Crippen LogP contribution in [0.5, 0.6) is 5.75 Å². The van der Waals surface area contributed by atoms with Crippen molar-refractivity contribution in [1.82, 2.24) is 0 Å². The SMILES string of the molecule is CC(=O)c1cccc(NC(=O)COC(=O)COc2cc(C)c(Cl)cc2C(C)C)c1. The average Bonchev–Trinajstić information content (AvgIpc) is 2.66. The summed E-state index contributed by atoms with van der Waals surface area (Å²) in [5.41, 5.74) is 2.66. The van der Waals surface area contributed by atoms with Crippen LogP contribution in [0.15, 0.2) is 36.4 Å². The van der Waals surface area contributed by atoms with Crippen LogP contribution in [0.4, 0.5) is 5.69 Å². The van der Waals surface area contributed by atoms with E-state index >= 15 is 0 Å². The average molecular weight is 418 g/mol. The Labute approximate surface area is 175 Å². The van der Waals surface area contributed by atoms with Gasteiger partial charge in [0.2, 0.25) is 0 Å². The van der Waals surface area contributed by atoms with E-state index in [9.17, 15) is 14.4 Å². The number of nitrogens with one attached hydrogen (secondary N) is 1. The molecule has 0 aliphatic carbocycles. The Morgan fingerprint density at radius 2 is 1.83 bits per heavy atom. The molecule has 0 bridgehead atoms. The molecule has 154 valence electrons. The van der Waals surface area contributed by atoms with Crippen molar-refractivity contribution in [3.8, 4) is 5.75 Å². The fraction of sp³-hybridized carbons (Fsp3) is 0.318. The molecule has 0 aliphatic rings. The molecule has 29 heavy (non-hydrogen) atoms. The lowest BCUT2D eigenvalue weighted by molar-refractivity contribution is -0.149. The highest BCUT2D eigenvalue weighted by molar-refractivity contribution is 6.31. The zero-order valence-corrected chi connectivity index (χ0v) is 17.6. The first-order valence-electron chi connectivity index (χ1n) is 9.16. The summed E-state index contributed by atoms with van der Waals surface area (Å²) in [5, 5.41) is 3.21. The smallest absolute Gasteiger partial charge is 0.344 e. The Bertz CT molecular complexity index is 923. The fourth-order valence-corrected chi connectivity index (χ4v) is 2.76. The molecule has 0 fully saturated rings. The van der Waals surface area contributed by atoms with Crippen LogP contribution in [-0.2, 0) is 14.3 Å². The number of rotatable bonds is 8. The normalized spacial score (nSPS) is 10.6. The van der Waals surface area contributed by atoms with Gasteiger partial charge in [0.1, 0.15) is 5.75 Å². The van der Waals surface area contributed by atoms with Gasteiger partial charge in [0.15, 0.2) is 19.0 Å². The number of benzene rings is 2. The van der Waals surface area contributed by atoms with Crippen molar-refractivity contribution in [2.24, 2.45) is 0 Å². The van der Waals surface area contributed by atoms with Gasteiger partial charge in [-0.3, -0.25) is 9.59 Å². The molecule has 0 atom stereocenters. The van der Waals surface area contributed by atoms with Gasteiger partial charge in [-0.05, 0) is 55.2 Å². The van der Waals surface area contributed by atoms with E-state index in [0.29, 0.717) is 22.0 Å². The van der Waals surface area contributed by atoms with Crippen LogP contribution >= 0.6 is 11.6 Å². The zero-order valence-electron chi connectivity index (χ0n) is 16.9. The van der Waals surface area contributed by atoms with Crippen molar-refractivity contribution in [2.75, 3.05) is 18.5 Å². The van der Waals surface area contributed by atoms with E-state index in [4.69, 9.17) is 21.1 Å². The van der Waals surface area contributed by atoms with Gasteiger partial charge in [-0.1, -0.05) is 37.6 Å². The lowest BCUT2D eigenvalue weighted by atomic mass is 10.0. The lowest BCUT2D eigenvalue weighted by Gasteiger charge is -2.15. The number of carbonyl (C=O) groups excluding carboxylic acids is 3. The number of anilines is 1.